The molecule has 0 unspecified atom stereocenters. The van der Waals surface area contributed by atoms with Gasteiger partial charge in [0, 0.05) is 10.9 Å². The van der Waals surface area contributed by atoms with E-state index in [9.17, 15) is 26.4 Å². The van der Waals surface area contributed by atoms with Gasteiger partial charge in [0.1, 0.15) is 5.75 Å². The van der Waals surface area contributed by atoms with Crippen LogP contribution in [0.1, 0.15) is 11.1 Å². The zero-order chi connectivity index (χ0) is 23.1. The van der Waals surface area contributed by atoms with Gasteiger partial charge in [-0.1, -0.05) is 30.0 Å². The van der Waals surface area contributed by atoms with Gasteiger partial charge in [0.2, 0.25) is 0 Å². The Morgan fingerprint density at radius 2 is 1.91 bits per heavy atom. The number of halogens is 3. The quantitative estimate of drug-likeness (QED) is 0.661. The maximum atomic E-state index is 13.2. The largest absolute Gasteiger partial charge is 0.497 e. The highest BCUT2D eigenvalue weighted by atomic mass is 32.2. The van der Waals surface area contributed by atoms with Gasteiger partial charge in [-0.15, -0.1) is 0 Å². The number of ether oxygens (including phenoxy) is 1. The van der Waals surface area contributed by atoms with Gasteiger partial charge in [0.15, 0.2) is 15.0 Å². The summed E-state index contributed by atoms with van der Waals surface area (Å²) in [6, 6.07) is 10.9. The molecule has 0 radical (unpaired) electrons. The summed E-state index contributed by atoms with van der Waals surface area (Å²) in [5.74, 6) is -0.142. The van der Waals surface area contributed by atoms with Crippen molar-refractivity contribution in [2.24, 2.45) is 4.99 Å². The number of anilines is 1. The fourth-order valence-corrected chi connectivity index (χ4v) is 7.69. The predicted octanol–water partition coefficient (Wildman–Crippen LogP) is 3.56. The minimum atomic E-state index is -4.55. The van der Waals surface area contributed by atoms with E-state index in [0.717, 1.165) is 23.9 Å². The van der Waals surface area contributed by atoms with Crippen molar-refractivity contribution in [2.45, 2.75) is 23.9 Å². The van der Waals surface area contributed by atoms with E-state index in [0.29, 0.717) is 11.3 Å². The number of rotatable bonds is 4. The van der Waals surface area contributed by atoms with E-state index in [1.54, 1.807) is 24.3 Å². The zero-order valence-electron chi connectivity index (χ0n) is 16.9. The molecule has 0 spiro atoms. The van der Waals surface area contributed by atoms with Gasteiger partial charge in [-0.25, -0.2) is 8.42 Å². The lowest BCUT2D eigenvalue weighted by Gasteiger charge is -2.25. The number of amides is 1. The maximum Gasteiger partial charge on any atom is 0.416 e. The Balaban J connectivity index is 1.65. The van der Waals surface area contributed by atoms with Crippen molar-refractivity contribution in [1.82, 2.24) is 0 Å². The predicted molar refractivity (Wildman–Crippen MR) is 117 cm³/mol. The molecule has 32 heavy (non-hydrogen) atoms. The molecule has 2 aromatic carbocycles. The van der Waals surface area contributed by atoms with Crippen LogP contribution in [0.15, 0.2) is 53.5 Å². The SMILES string of the molecule is COc1ccc(CC(=O)N=C2S[C@H]3CS(=O)(=O)C[C@H]3N2c2cccc(C(F)(F)F)c2)cc1. The second kappa shape index (κ2) is 8.43. The van der Waals surface area contributed by atoms with Crippen molar-refractivity contribution in [3.05, 3.63) is 59.7 Å². The van der Waals surface area contributed by atoms with E-state index in [-0.39, 0.29) is 28.8 Å². The first kappa shape index (κ1) is 22.7. The van der Waals surface area contributed by atoms with Crippen LogP contribution in [-0.2, 0) is 27.2 Å². The van der Waals surface area contributed by atoms with E-state index in [4.69, 9.17) is 4.74 Å². The van der Waals surface area contributed by atoms with Crippen LogP contribution < -0.4 is 9.64 Å². The van der Waals surface area contributed by atoms with Gasteiger partial charge >= 0.3 is 6.18 Å². The van der Waals surface area contributed by atoms with Crippen molar-refractivity contribution in [3.8, 4) is 5.75 Å². The topological polar surface area (TPSA) is 76.0 Å². The molecule has 0 aliphatic carbocycles. The molecule has 0 N–H and O–H groups in total. The van der Waals surface area contributed by atoms with Crippen LogP contribution in [0.4, 0.5) is 18.9 Å². The molecule has 4 rings (SSSR count). The lowest BCUT2D eigenvalue weighted by Crippen LogP contribution is -2.38. The van der Waals surface area contributed by atoms with Crippen LogP contribution in [0.3, 0.4) is 0 Å². The summed E-state index contributed by atoms with van der Waals surface area (Å²) in [6.07, 6.45) is -4.55. The second-order valence-corrected chi connectivity index (χ2v) is 10.9. The Bertz CT molecular complexity index is 1160. The number of hydrogen-bond acceptors (Lipinski definition) is 5. The molecule has 2 heterocycles. The molecule has 6 nitrogen and oxygen atoms in total. The van der Waals surface area contributed by atoms with Crippen LogP contribution in [0.2, 0.25) is 0 Å². The number of amidine groups is 1. The molecule has 2 aliphatic rings. The Labute approximate surface area is 187 Å². The Morgan fingerprint density at radius 1 is 1.19 bits per heavy atom. The summed E-state index contributed by atoms with van der Waals surface area (Å²) < 4.78 is 69.1. The van der Waals surface area contributed by atoms with E-state index in [1.807, 2.05) is 0 Å². The lowest BCUT2D eigenvalue weighted by atomic mass is 10.1. The molecular formula is C21H19F3N2O4S2. The van der Waals surface area contributed by atoms with E-state index >= 15 is 0 Å². The van der Waals surface area contributed by atoms with Gasteiger partial charge in [0.05, 0.1) is 36.6 Å². The van der Waals surface area contributed by atoms with Crippen LogP contribution in [0.25, 0.3) is 0 Å². The van der Waals surface area contributed by atoms with E-state index in [1.165, 1.54) is 24.1 Å². The second-order valence-electron chi connectivity index (χ2n) is 7.53. The third kappa shape index (κ3) is 4.78. The normalized spacial score (nSPS) is 23.4. The highest BCUT2D eigenvalue weighted by Gasteiger charge is 2.49. The molecule has 2 saturated heterocycles. The van der Waals surface area contributed by atoms with Crippen molar-refractivity contribution in [1.29, 1.82) is 0 Å². The average molecular weight is 485 g/mol. The lowest BCUT2D eigenvalue weighted by molar-refractivity contribution is -0.137. The van der Waals surface area contributed by atoms with Crippen molar-refractivity contribution >= 4 is 38.4 Å². The highest BCUT2D eigenvalue weighted by molar-refractivity contribution is 8.16. The van der Waals surface area contributed by atoms with Crippen LogP contribution in [0, 0.1) is 0 Å². The molecule has 11 heteroatoms. The van der Waals surface area contributed by atoms with Crippen LogP contribution in [-0.4, -0.2) is 49.4 Å². The molecule has 1 amide bonds. The number of benzene rings is 2. The van der Waals surface area contributed by atoms with Gasteiger partial charge in [-0.3, -0.25) is 4.79 Å². The van der Waals surface area contributed by atoms with E-state index in [2.05, 4.69) is 4.99 Å². The minimum Gasteiger partial charge on any atom is -0.497 e. The van der Waals surface area contributed by atoms with Gasteiger partial charge in [-0.05, 0) is 35.9 Å². The smallest absolute Gasteiger partial charge is 0.416 e. The number of carbonyl (C=O) groups is 1. The summed E-state index contributed by atoms with van der Waals surface area (Å²) in [7, 11) is -1.80. The van der Waals surface area contributed by atoms with Crippen LogP contribution in [0.5, 0.6) is 5.75 Å². The first-order valence-corrected chi connectivity index (χ1v) is 12.3. The number of nitrogens with zero attached hydrogens (tertiary/aromatic N) is 2. The Morgan fingerprint density at radius 3 is 2.56 bits per heavy atom. The molecule has 0 saturated carbocycles. The highest BCUT2D eigenvalue weighted by Crippen LogP contribution is 2.42. The van der Waals surface area contributed by atoms with Crippen molar-refractivity contribution in [3.63, 3.8) is 0 Å². The first-order chi connectivity index (χ1) is 15.1. The summed E-state index contributed by atoms with van der Waals surface area (Å²) in [5.41, 5.74) is 0.0117. The number of methoxy groups -OCH3 is 1. The maximum absolute atomic E-state index is 13.2. The van der Waals surface area contributed by atoms with Crippen molar-refractivity contribution in [2.75, 3.05) is 23.5 Å². The fourth-order valence-electron chi connectivity index (χ4n) is 3.76. The Hall–Kier alpha value is -2.53. The number of carbonyl (C=O) groups excluding carboxylic acids is 1. The minimum absolute atomic E-state index is 0.00187. The van der Waals surface area contributed by atoms with E-state index < -0.39 is 38.8 Å². The van der Waals surface area contributed by atoms with Gasteiger partial charge in [0.25, 0.3) is 5.91 Å². The molecule has 2 fully saturated rings. The molecule has 2 aromatic rings. The monoisotopic (exact) mass is 484 g/mol. The van der Waals surface area contributed by atoms with Gasteiger partial charge in [-0.2, -0.15) is 18.2 Å². The summed E-state index contributed by atoms with van der Waals surface area (Å²) in [5, 5.41) is -0.185. The molecule has 170 valence electrons. The first-order valence-electron chi connectivity index (χ1n) is 9.64. The number of sulfone groups is 1. The molecular weight excluding hydrogens is 465 g/mol. The standard InChI is InChI=1S/C21H19F3N2O4S2/c1-30-16-7-5-13(6-8-16)9-19(27)25-20-26(17-11-32(28,29)12-18(17)31-20)15-4-2-3-14(10-15)21(22,23)24/h2-8,10,17-18H,9,11-12H2,1H3/t17-,18+/m1/s1. The van der Waals surface area contributed by atoms with Crippen molar-refractivity contribution < 1.29 is 31.1 Å². The third-order valence-electron chi connectivity index (χ3n) is 5.25. The number of aliphatic imine (C=N–C) groups is 1. The summed E-state index contributed by atoms with van der Waals surface area (Å²) in [4.78, 5) is 18.2. The summed E-state index contributed by atoms with van der Waals surface area (Å²) >= 11 is 1.12. The third-order valence-corrected chi connectivity index (χ3v) is 8.46. The number of fused-ring (bicyclic) bond motifs is 1. The number of thioether (sulfide) groups is 1. The van der Waals surface area contributed by atoms with Crippen LogP contribution >= 0.6 is 11.8 Å². The Kier molecular flexibility index (Phi) is 5.97. The molecule has 0 bridgehead atoms. The number of hydrogen-bond donors (Lipinski definition) is 0. The number of alkyl halides is 3. The zero-order valence-corrected chi connectivity index (χ0v) is 18.5. The summed E-state index contributed by atoms with van der Waals surface area (Å²) in [6.45, 7) is 0. The molecule has 2 atom stereocenters. The van der Waals surface area contributed by atoms with Gasteiger partial charge < -0.3 is 9.64 Å². The average Bonchev–Trinajstić information content (AvgIpc) is 3.18. The molecule has 2 aliphatic heterocycles. The molecule has 0 aromatic heterocycles. The fraction of sp³-hybridized carbons (Fsp3) is 0.333.